The molecule has 0 saturated carbocycles. The van der Waals surface area contributed by atoms with Gasteiger partial charge in [0.1, 0.15) is 5.82 Å². The maximum Gasteiger partial charge on any atom is 0.113 e. The van der Waals surface area contributed by atoms with Gasteiger partial charge in [-0.25, -0.2) is 4.98 Å². The zero-order valence-corrected chi connectivity index (χ0v) is 11.7. The Hall–Kier alpha value is -1.61. The minimum atomic E-state index is 0.564. The van der Waals surface area contributed by atoms with Gasteiger partial charge in [0.05, 0.1) is 11.9 Å². The highest BCUT2D eigenvalue weighted by atomic mass is 15.1. The van der Waals surface area contributed by atoms with Gasteiger partial charge >= 0.3 is 0 Å². The Morgan fingerprint density at radius 1 is 1.32 bits per heavy atom. The average Bonchev–Trinajstić information content (AvgIpc) is 3.08. The Balaban J connectivity index is 1.92. The molecule has 3 heteroatoms. The van der Waals surface area contributed by atoms with Crippen molar-refractivity contribution < 1.29 is 0 Å². The summed E-state index contributed by atoms with van der Waals surface area (Å²) in [6, 6.07) is 8.82. The average molecular weight is 255 g/mol. The van der Waals surface area contributed by atoms with Gasteiger partial charge in [0, 0.05) is 19.5 Å². The minimum Gasteiger partial charge on any atom is -0.331 e. The number of hydrogen-bond acceptors (Lipinski definition) is 2. The van der Waals surface area contributed by atoms with Gasteiger partial charge in [-0.3, -0.25) is 0 Å². The first-order chi connectivity index (χ1) is 9.29. The molecule has 1 aromatic carbocycles. The van der Waals surface area contributed by atoms with Gasteiger partial charge in [0.2, 0.25) is 0 Å². The lowest BCUT2D eigenvalue weighted by molar-refractivity contribution is 0.662. The van der Waals surface area contributed by atoms with Crippen LogP contribution in [0.2, 0.25) is 0 Å². The van der Waals surface area contributed by atoms with E-state index in [1.165, 1.54) is 29.1 Å². The number of rotatable bonds is 3. The molecule has 0 amide bonds. The molecule has 0 radical (unpaired) electrons. The zero-order valence-electron chi connectivity index (χ0n) is 11.7. The third-order valence-corrected chi connectivity index (χ3v) is 4.11. The van der Waals surface area contributed by atoms with E-state index >= 15 is 0 Å². The van der Waals surface area contributed by atoms with Crippen LogP contribution in [-0.2, 0) is 13.5 Å². The maximum atomic E-state index is 4.64. The molecule has 1 fully saturated rings. The molecule has 1 atom stereocenters. The number of hydrogen-bond donors (Lipinski definition) is 1. The SMILES string of the molecule is CCc1ccc(-c2cnc(C3CCNC3)n2C)cc1. The molecule has 1 N–H and O–H groups in total. The van der Waals surface area contributed by atoms with Crippen LogP contribution >= 0.6 is 0 Å². The fourth-order valence-corrected chi connectivity index (χ4v) is 2.86. The molecule has 1 saturated heterocycles. The minimum absolute atomic E-state index is 0.564. The van der Waals surface area contributed by atoms with E-state index in [2.05, 4.69) is 53.1 Å². The van der Waals surface area contributed by atoms with Crippen molar-refractivity contribution in [2.45, 2.75) is 25.7 Å². The smallest absolute Gasteiger partial charge is 0.113 e. The number of nitrogens with zero attached hydrogens (tertiary/aromatic N) is 2. The van der Waals surface area contributed by atoms with Crippen molar-refractivity contribution in [3.05, 3.63) is 41.9 Å². The van der Waals surface area contributed by atoms with Crippen LogP contribution in [0, 0.1) is 0 Å². The van der Waals surface area contributed by atoms with E-state index in [0.717, 1.165) is 19.5 Å². The Bertz CT molecular complexity index is 548. The summed E-state index contributed by atoms with van der Waals surface area (Å²) in [6.45, 7) is 4.35. The molecule has 100 valence electrons. The van der Waals surface area contributed by atoms with E-state index < -0.39 is 0 Å². The normalized spacial score (nSPS) is 18.9. The first kappa shape index (κ1) is 12.4. The second-order valence-electron chi connectivity index (χ2n) is 5.30. The molecule has 3 rings (SSSR count). The number of benzene rings is 1. The van der Waals surface area contributed by atoms with E-state index in [-0.39, 0.29) is 0 Å². The van der Waals surface area contributed by atoms with Crippen LogP contribution in [0.3, 0.4) is 0 Å². The van der Waals surface area contributed by atoms with Crippen molar-refractivity contribution >= 4 is 0 Å². The molecule has 19 heavy (non-hydrogen) atoms. The summed E-state index contributed by atoms with van der Waals surface area (Å²) in [5.41, 5.74) is 3.85. The maximum absolute atomic E-state index is 4.64. The van der Waals surface area contributed by atoms with Gasteiger partial charge in [0.25, 0.3) is 0 Å². The third kappa shape index (κ3) is 2.30. The highest BCUT2D eigenvalue weighted by Crippen LogP contribution is 2.26. The molecule has 1 aliphatic heterocycles. The Kier molecular flexibility index (Phi) is 3.38. The zero-order chi connectivity index (χ0) is 13.2. The van der Waals surface area contributed by atoms with Crippen LogP contribution in [-0.4, -0.2) is 22.6 Å². The summed E-state index contributed by atoms with van der Waals surface area (Å²) in [5.74, 6) is 1.77. The van der Waals surface area contributed by atoms with Crippen molar-refractivity contribution in [3.8, 4) is 11.3 Å². The third-order valence-electron chi connectivity index (χ3n) is 4.11. The summed E-state index contributed by atoms with van der Waals surface area (Å²) < 4.78 is 2.25. The predicted octanol–water partition coefficient (Wildman–Crippen LogP) is 2.73. The van der Waals surface area contributed by atoms with E-state index in [4.69, 9.17) is 0 Å². The van der Waals surface area contributed by atoms with Gasteiger partial charge in [-0.15, -0.1) is 0 Å². The predicted molar refractivity (Wildman–Crippen MR) is 78.2 cm³/mol. The van der Waals surface area contributed by atoms with Gasteiger partial charge in [0.15, 0.2) is 0 Å². The van der Waals surface area contributed by atoms with Crippen LogP contribution < -0.4 is 5.32 Å². The highest BCUT2D eigenvalue weighted by Gasteiger charge is 2.21. The van der Waals surface area contributed by atoms with Crippen LogP contribution in [0.5, 0.6) is 0 Å². The highest BCUT2D eigenvalue weighted by molar-refractivity contribution is 5.59. The molecule has 1 aliphatic rings. The molecule has 0 bridgehead atoms. The molecule has 2 heterocycles. The van der Waals surface area contributed by atoms with E-state index in [1.807, 2.05) is 6.20 Å². The molecular formula is C16H21N3. The molecule has 1 unspecified atom stereocenters. The second-order valence-corrected chi connectivity index (χ2v) is 5.30. The van der Waals surface area contributed by atoms with Crippen molar-refractivity contribution in [1.82, 2.24) is 14.9 Å². The fourth-order valence-electron chi connectivity index (χ4n) is 2.86. The molecule has 0 spiro atoms. The largest absolute Gasteiger partial charge is 0.331 e. The number of nitrogens with one attached hydrogen (secondary N) is 1. The lowest BCUT2D eigenvalue weighted by Crippen LogP contribution is -2.11. The van der Waals surface area contributed by atoms with Crippen molar-refractivity contribution in [2.24, 2.45) is 7.05 Å². The van der Waals surface area contributed by atoms with E-state index in [1.54, 1.807) is 0 Å². The Morgan fingerprint density at radius 2 is 2.11 bits per heavy atom. The number of aryl methyl sites for hydroxylation is 1. The molecule has 1 aromatic heterocycles. The topological polar surface area (TPSA) is 29.9 Å². The number of aromatic nitrogens is 2. The lowest BCUT2D eigenvalue weighted by atomic mass is 10.1. The quantitative estimate of drug-likeness (QED) is 0.914. The first-order valence-electron chi connectivity index (χ1n) is 7.11. The second kappa shape index (κ2) is 5.17. The summed E-state index contributed by atoms with van der Waals surface area (Å²) in [6.07, 6.45) is 4.29. The standard InChI is InChI=1S/C16H21N3/c1-3-12-4-6-13(7-5-12)15-11-18-16(19(15)2)14-8-9-17-10-14/h4-7,11,14,17H,3,8-10H2,1-2H3. The van der Waals surface area contributed by atoms with Gasteiger partial charge < -0.3 is 9.88 Å². The Labute approximate surface area is 114 Å². The van der Waals surface area contributed by atoms with Crippen LogP contribution in [0.4, 0.5) is 0 Å². The molecular weight excluding hydrogens is 234 g/mol. The van der Waals surface area contributed by atoms with Gasteiger partial charge in [-0.05, 0) is 30.5 Å². The Morgan fingerprint density at radius 3 is 2.74 bits per heavy atom. The van der Waals surface area contributed by atoms with Crippen LogP contribution in [0.15, 0.2) is 30.5 Å². The summed E-state index contributed by atoms with van der Waals surface area (Å²) in [4.78, 5) is 4.64. The molecule has 3 nitrogen and oxygen atoms in total. The molecule has 2 aromatic rings. The first-order valence-corrected chi connectivity index (χ1v) is 7.11. The molecule has 0 aliphatic carbocycles. The van der Waals surface area contributed by atoms with Crippen LogP contribution in [0.1, 0.15) is 30.7 Å². The summed E-state index contributed by atoms with van der Waals surface area (Å²) >= 11 is 0. The van der Waals surface area contributed by atoms with Gasteiger partial charge in [-0.1, -0.05) is 31.2 Å². The summed E-state index contributed by atoms with van der Waals surface area (Å²) in [7, 11) is 2.13. The lowest BCUT2D eigenvalue weighted by Gasteiger charge is -2.10. The van der Waals surface area contributed by atoms with E-state index in [0.29, 0.717) is 5.92 Å². The van der Waals surface area contributed by atoms with Crippen molar-refractivity contribution in [1.29, 1.82) is 0 Å². The van der Waals surface area contributed by atoms with E-state index in [9.17, 15) is 0 Å². The van der Waals surface area contributed by atoms with Gasteiger partial charge in [-0.2, -0.15) is 0 Å². The van der Waals surface area contributed by atoms with Crippen molar-refractivity contribution in [2.75, 3.05) is 13.1 Å². The number of imidazole rings is 1. The summed E-state index contributed by atoms with van der Waals surface area (Å²) in [5, 5.41) is 3.41. The van der Waals surface area contributed by atoms with Crippen LogP contribution in [0.25, 0.3) is 11.3 Å². The van der Waals surface area contributed by atoms with Crippen molar-refractivity contribution in [3.63, 3.8) is 0 Å². The fraction of sp³-hybridized carbons (Fsp3) is 0.438. The monoisotopic (exact) mass is 255 g/mol.